The van der Waals surface area contributed by atoms with Crippen LogP contribution >= 0.6 is 11.6 Å². The summed E-state index contributed by atoms with van der Waals surface area (Å²) in [5.41, 5.74) is 10.4. The summed E-state index contributed by atoms with van der Waals surface area (Å²) in [6, 6.07) is 7.36. The molecule has 3 N–H and O–H groups in total. The standard InChI is InChI=1S/C18H19ClO2.C10H9F3.CH5N/c1-11-7-8-14(19)10-17(11)16-6-4-5-15(16)12(2)9-13(3)18(20)21;11-7-4-9(12)8(10(13)5-7)3-6-1-2-6;1-2/h7-10H,2,4-6H2,1,3H3,(H,20,21);4-6H,1-3H2;2H2,1H3/b13-9+;;. The normalized spacial score (nSPS) is 15.1. The first kappa shape index (κ1) is 29.4. The highest BCUT2D eigenvalue weighted by atomic mass is 35.5. The second kappa shape index (κ2) is 13.5. The molecule has 0 saturated heterocycles. The van der Waals surface area contributed by atoms with E-state index in [0.29, 0.717) is 17.9 Å². The Hall–Kier alpha value is -2.83. The lowest BCUT2D eigenvalue weighted by molar-refractivity contribution is -0.132. The van der Waals surface area contributed by atoms with Gasteiger partial charge in [0.1, 0.15) is 17.5 Å². The first-order valence-corrected chi connectivity index (χ1v) is 12.2. The summed E-state index contributed by atoms with van der Waals surface area (Å²) < 4.78 is 38.5. The van der Waals surface area contributed by atoms with Crippen molar-refractivity contribution in [3.63, 3.8) is 0 Å². The molecule has 0 aromatic heterocycles. The van der Waals surface area contributed by atoms with Crippen LogP contribution in [0.25, 0.3) is 5.57 Å². The fraction of sp³-hybridized carbons (Fsp3) is 0.345. The Morgan fingerprint density at radius 1 is 1.14 bits per heavy atom. The molecule has 0 aliphatic heterocycles. The van der Waals surface area contributed by atoms with Gasteiger partial charge in [-0.15, -0.1) is 0 Å². The van der Waals surface area contributed by atoms with Crippen molar-refractivity contribution in [1.29, 1.82) is 0 Å². The van der Waals surface area contributed by atoms with E-state index in [1.807, 2.05) is 18.2 Å². The van der Waals surface area contributed by atoms with Gasteiger partial charge in [0.2, 0.25) is 0 Å². The van der Waals surface area contributed by atoms with Crippen LogP contribution in [-0.2, 0) is 11.2 Å². The summed E-state index contributed by atoms with van der Waals surface area (Å²) in [5, 5.41) is 9.71. The molecule has 2 aliphatic carbocycles. The molecule has 194 valence electrons. The van der Waals surface area contributed by atoms with Gasteiger partial charge in [-0.25, -0.2) is 18.0 Å². The molecule has 1 fully saturated rings. The largest absolute Gasteiger partial charge is 0.478 e. The van der Waals surface area contributed by atoms with Gasteiger partial charge in [0, 0.05) is 28.3 Å². The van der Waals surface area contributed by atoms with E-state index in [9.17, 15) is 18.0 Å². The van der Waals surface area contributed by atoms with Crippen molar-refractivity contribution < 1.29 is 23.1 Å². The minimum Gasteiger partial charge on any atom is -0.478 e. The Bertz CT molecular complexity index is 1160. The van der Waals surface area contributed by atoms with Crippen molar-refractivity contribution in [3.05, 3.63) is 98.9 Å². The van der Waals surface area contributed by atoms with Crippen molar-refractivity contribution in [1.82, 2.24) is 0 Å². The number of hydrogen-bond donors (Lipinski definition) is 2. The molecule has 4 rings (SSSR count). The lowest BCUT2D eigenvalue weighted by atomic mass is 9.94. The number of allylic oxidation sites excluding steroid dienone is 4. The molecule has 7 heteroatoms. The molecule has 3 nitrogen and oxygen atoms in total. The Morgan fingerprint density at radius 2 is 1.75 bits per heavy atom. The molecular formula is C29H33ClF3NO2. The molecule has 36 heavy (non-hydrogen) atoms. The quantitative estimate of drug-likeness (QED) is 0.302. The van der Waals surface area contributed by atoms with Gasteiger partial charge in [-0.05, 0) is 111 Å². The Balaban J connectivity index is 0.000000260. The fourth-order valence-corrected chi connectivity index (χ4v) is 4.27. The maximum atomic E-state index is 13.0. The van der Waals surface area contributed by atoms with Crippen molar-refractivity contribution in [2.75, 3.05) is 7.05 Å². The Kier molecular flexibility index (Phi) is 11.0. The zero-order chi connectivity index (χ0) is 27.0. The van der Waals surface area contributed by atoms with Gasteiger partial charge < -0.3 is 10.8 Å². The lowest BCUT2D eigenvalue weighted by Crippen LogP contribution is -1.98. The van der Waals surface area contributed by atoms with E-state index in [2.05, 4.69) is 19.2 Å². The first-order chi connectivity index (χ1) is 17.1. The number of benzene rings is 2. The third kappa shape index (κ3) is 8.10. The maximum absolute atomic E-state index is 13.0. The minimum atomic E-state index is -0.907. The van der Waals surface area contributed by atoms with Crippen LogP contribution in [0, 0.1) is 30.3 Å². The second-order valence-corrected chi connectivity index (χ2v) is 9.36. The number of rotatable bonds is 6. The van der Waals surface area contributed by atoms with Crippen LogP contribution in [0.1, 0.15) is 55.7 Å². The van der Waals surface area contributed by atoms with E-state index in [-0.39, 0.29) is 5.56 Å². The number of aliphatic carboxylic acids is 1. The van der Waals surface area contributed by atoms with Crippen LogP contribution in [0.15, 0.2) is 59.7 Å². The smallest absolute Gasteiger partial charge is 0.331 e. The van der Waals surface area contributed by atoms with Crippen LogP contribution in [0.2, 0.25) is 5.02 Å². The molecule has 2 aromatic carbocycles. The summed E-state index contributed by atoms with van der Waals surface area (Å²) in [5.74, 6) is -2.88. The predicted molar refractivity (Wildman–Crippen MR) is 140 cm³/mol. The zero-order valence-corrected chi connectivity index (χ0v) is 21.7. The van der Waals surface area contributed by atoms with Gasteiger partial charge in [-0.2, -0.15) is 0 Å². The number of carboxylic acid groups (broad SMARTS) is 1. The summed E-state index contributed by atoms with van der Waals surface area (Å²) >= 11 is 6.11. The molecule has 2 aromatic rings. The third-order valence-electron chi connectivity index (χ3n) is 6.15. The van der Waals surface area contributed by atoms with Gasteiger partial charge >= 0.3 is 5.97 Å². The van der Waals surface area contributed by atoms with Gasteiger partial charge in [-0.1, -0.05) is 24.2 Å². The monoisotopic (exact) mass is 519 g/mol. The van der Waals surface area contributed by atoms with E-state index in [1.165, 1.54) is 18.2 Å². The lowest BCUT2D eigenvalue weighted by Gasteiger charge is -2.12. The van der Waals surface area contributed by atoms with E-state index in [1.54, 1.807) is 13.0 Å². The molecular weight excluding hydrogens is 487 g/mol. The topological polar surface area (TPSA) is 63.3 Å². The predicted octanol–water partition coefficient (Wildman–Crippen LogP) is 7.80. The van der Waals surface area contributed by atoms with Gasteiger partial charge in [0.25, 0.3) is 0 Å². The van der Waals surface area contributed by atoms with E-state index < -0.39 is 23.4 Å². The highest BCUT2D eigenvalue weighted by Gasteiger charge is 2.25. The number of carbonyl (C=O) groups is 1. The van der Waals surface area contributed by atoms with Gasteiger partial charge in [-0.3, -0.25) is 0 Å². The minimum absolute atomic E-state index is 0.0314. The molecule has 0 amide bonds. The van der Waals surface area contributed by atoms with E-state index >= 15 is 0 Å². The highest BCUT2D eigenvalue weighted by Crippen LogP contribution is 2.39. The van der Waals surface area contributed by atoms with Crippen LogP contribution in [0.5, 0.6) is 0 Å². The van der Waals surface area contributed by atoms with Crippen molar-refractivity contribution >= 4 is 23.1 Å². The SMILES string of the molecule is C=C(/C=C(\C)C(=O)O)C1=C(c2cc(Cl)ccc2C)CCC1.CN.Fc1cc(F)c(CC2CC2)c(F)c1. The molecule has 0 unspecified atom stereocenters. The molecule has 0 atom stereocenters. The number of carboxylic acids is 1. The van der Waals surface area contributed by atoms with E-state index in [4.69, 9.17) is 16.7 Å². The average Bonchev–Trinajstić information content (AvgIpc) is 3.52. The van der Waals surface area contributed by atoms with Crippen LogP contribution in [-0.4, -0.2) is 18.1 Å². The first-order valence-electron chi connectivity index (χ1n) is 11.9. The number of nitrogens with two attached hydrogens (primary N) is 1. The van der Waals surface area contributed by atoms with Crippen LogP contribution in [0.4, 0.5) is 13.2 Å². The van der Waals surface area contributed by atoms with Gasteiger partial charge in [0.15, 0.2) is 0 Å². The summed E-state index contributed by atoms with van der Waals surface area (Å²) in [7, 11) is 1.50. The zero-order valence-electron chi connectivity index (χ0n) is 20.9. The molecule has 1 saturated carbocycles. The molecule has 0 spiro atoms. The van der Waals surface area contributed by atoms with Crippen molar-refractivity contribution in [2.24, 2.45) is 11.7 Å². The summed E-state index contributed by atoms with van der Waals surface area (Å²) in [6.07, 6.45) is 7.09. The average molecular weight is 520 g/mol. The Labute approximate surface area is 216 Å². The van der Waals surface area contributed by atoms with Crippen molar-refractivity contribution in [3.8, 4) is 0 Å². The summed E-state index contributed by atoms with van der Waals surface area (Å²) in [6.45, 7) is 7.71. The second-order valence-electron chi connectivity index (χ2n) is 8.92. The molecule has 2 aliphatic rings. The van der Waals surface area contributed by atoms with Crippen LogP contribution in [0.3, 0.4) is 0 Å². The maximum Gasteiger partial charge on any atom is 0.331 e. The highest BCUT2D eigenvalue weighted by molar-refractivity contribution is 6.30. The van der Waals surface area contributed by atoms with Crippen LogP contribution < -0.4 is 5.73 Å². The number of halogens is 4. The Morgan fingerprint density at radius 3 is 2.31 bits per heavy atom. The molecule has 0 radical (unpaired) electrons. The fourth-order valence-electron chi connectivity index (χ4n) is 4.10. The van der Waals surface area contributed by atoms with E-state index in [0.717, 1.165) is 66.0 Å². The van der Waals surface area contributed by atoms with Gasteiger partial charge in [0.05, 0.1) is 0 Å². The number of hydrogen-bond acceptors (Lipinski definition) is 2. The molecule has 0 bridgehead atoms. The summed E-state index contributed by atoms with van der Waals surface area (Å²) in [4.78, 5) is 11.0. The number of aryl methyl sites for hydroxylation is 1. The van der Waals surface area contributed by atoms with Crippen molar-refractivity contribution in [2.45, 2.75) is 52.4 Å². The molecule has 0 heterocycles. The third-order valence-corrected chi connectivity index (χ3v) is 6.39.